The molecule has 0 saturated carbocycles. The highest BCUT2D eigenvalue weighted by atomic mass is 79.9. The average Bonchev–Trinajstić information content (AvgIpc) is 2.80. The second-order valence-corrected chi connectivity index (χ2v) is 5.67. The standard InChI is InChI=1S/C13H18BrN5O/c1-9(2)19-13(20)12(14)11(8-16-19)15-6-4-10-5-7-18(3)17-10/h5,7-9,15H,4,6H2,1-3H3. The van der Waals surface area contributed by atoms with Crippen LogP contribution in [0.3, 0.4) is 0 Å². The quantitative estimate of drug-likeness (QED) is 0.904. The van der Waals surface area contributed by atoms with E-state index in [9.17, 15) is 4.79 Å². The molecule has 0 bridgehead atoms. The average molecular weight is 340 g/mol. The predicted molar refractivity (Wildman–Crippen MR) is 82.0 cm³/mol. The van der Waals surface area contributed by atoms with Crippen molar-refractivity contribution in [3.8, 4) is 0 Å². The number of aromatic nitrogens is 4. The number of aryl methyl sites for hydroxylation is 1. The molecule has 1 N–H and O–H groups in total. The number of nitrogens with zero attached hydrogens (tertiary/aromatic N) is 4. The first kappa shape index (κ1) is 14.8. The summed E-state index contributed by atoms with van der Waals surface area (Å²) in [7, 11) is 1.89. The highest BCUT2D eigenvalue weighted by Gasteiger charge is 2.10. The lowest BCUT2D eigenvalue weighted by Crippen LogP contribution is -2.26. The smallest absolute Gasteiger partial charge is 0.283 e. The van der Waals surface area contributed by atoms with E-state index >= 15 is 0 Å². The molecular formula is C13H18BrN5O. The zero-order valence-electron chi connectivity index (χ0n) is 11.8. The molecule has 2 rings (SSSR count). The van der Waals surface area contributed by atoms with E-state index in [1.807, 2.05) is 33.2 Å². The Labute approximate surface area is 125 Å². The van der Waals surface area contributed by atoms with Gasteiger partial charge in [-0.25, -0.2) is 4.68 Å². The number of nitrogens with one attached hydrogen (secondary N) is 1. The van der Waals surface area contributed by atoms with E-state index in [-0.39, 0.29) is 11.6 Å². The van der Waals surface area contributed by atoms with E-state index < -0.39 is 0 Å². The number of hydrogen-bond acceptors (Lipinski definition) is 4. The van der Waals surface area contributed by atoms with Gasteiger partial charge in [-0.15, -0.1) is 0 Å². The van der Waals surface area contributed by atoms with Crippen molar-refractivity contribution < 1.29 is 0 Å². The summed E-state index contributed by atoms with van der Waals surface area (Å²) < 4.78 is 3.74. The van der Waals surface area contributed by atoms with Gasteiger partial charge in [-0.05, 0) is 35.8 Å². The fourth-order valence-electron chi connectivity index (χ4n) is 1.86. The van der Waals surface area contributed by atoms with Crippen LogP contribution in [0.1, 0.15) is 25.6 Å². The molecule has 0 spiro atoms. The van der Waals surface area contributed by atoms with Crippen LogP contribution in [-0.2, 0) is 13.5 Å². The van der Waals surface area contributed by atoms with Crippen LogP contribution < -0.4 is 10.9 Å². The highest BCUT2D eigenvalue weighted by Crippen LogP contribution is 2.17. The van der Waals surface area contributed by atoms with E-state index in [1.165, 1.54) is 4.68 Å². The molecule has 7 heteroatoms. The third-order valence-corrected chi connectivity index (χ3v) is 3.66. The van der Waals surface area contributed by atoms with Crippen molar-refractivity contribution in [2.75, 3.05) is 11.9 Å². The first-order chi connectivity index (χ1) is 9.49. The molecule has 0 aliphatic heterocycles. The molecule has 2 aromatic rings. The van der Waals surface area contributed by atoms with Gasteiger partial charge < -0.3 is 5.32 Å². The molecular weight excluding hydrogens is 322 g/mol. The first-order valence-electron chi connectivity index (χ1n) is 6.48. The Morgan fingerprint density at radius 2 is 2.20 bits per heavy atom. The summed E-state index contributed by atoms with van der Waals surface area (Å²) in [6.07, 6.45) is 4.38. The Balaban J connectivity index is 2.03. The van der Waals surface area contributed by atoms with Gasteiger partial charge in [0.1, 0.15) is 4.47 Å². The van der Waals surface area contributed by atoms with E-state index in [0.717, 1.165) is 12.1 Å². The van der Waals surface area contributed by atoms with Crippen molar-refractivity contribution in [3.05, 3.63) is 39.0 Å². The van der Waals surface area contributed by atoms with Gasteiger partial charge in [-0.1, -0.05) is 0 Å². The third-order valence-electron chi connectivity index (χ3n) is 2.90. The van der Waals surface area contributed by atoms with Crippen LogP contribution in [0.4, 0.5) is 5.69 Å². The van der Waals surface area contributed by atoms with Gasteiger partial charge in [0.25, 0.3) is 5.56 Å². The molecule has 0 aliphatic carbocycles. The summed E-state index contributed by atoms with van der Waals surface area (Å²) in [6.45, 7) is 4.55. The van der Waals surface area contributed by atoms with Crippen molar-refractivity contribution in [1.29, 1.82) is 0 Å². The molecule has 0 amide bonds. The van der Waals surface area contributed by atoms with Crippen molar-refractivity contribution in [2.45, 2.75) is 26.3 Å². The zero-order valence-corrected chi connectivity index (χ0v) is 13.4. The molecule has 0 fully saturated rings. The second-order valence-electron chi connectivity index (χ2n) is 4.87. The van der Waals surface area contributed by atoms with Crippen LogP contribution in [0, 0.1) is 0 Å². The Hall–Kier alpha value is -1.63. The lowest BCUT2D eigenvalue weighted by molar-refractivity contribution is 0.501. The van der Waals surface area contributed by atoms with Gasteiger partial charge in [0.15, 0.2) is 0 Å². The third kappa shape index (κ3) is 3.27. The molecule has 0 aromatic carbocycles. The summed E-state index contributed by atoms with van der Waals surface area (Å²) >= 11 is 3.33. The summed E-state index contributed by atoms with van der Waals surface area (Å²) in [5.41, 5.74) is 1.60. The minimum atomic E-state index is -0.122. The lowest BCUT2D eigenvalue weighted by Gasteiger charge is -2.12. The minimum Gasteiger partial charge on any atom is -0.382 e. The summed E-state index contributed by atoms with van der Waals surface area (Å²) in [4.78, 5) is 12.1. The molecule has 2 aromatic heterocycles. The molecule has 0 aliphatic rings. The Morgan fingerprint density at radius 1 is 1.45 bits per heavy atom. The fraction of sp³-hybridized carbons (Fsp3) is 0.462. The van der Waals surface area contributed by atoms with E-state index in [4.69, 9.17) is 0 Å². The molecule has 20 heavy (non-hydrogen) atoms. The summed E-state index contributed by atoms with van der Waals surface area (Å²) in [6, 6.07) is 2.02. The molecule has 6 nitrogen and oxygen atoms in total. The minimum absolute atomic E-state index is 0.0429. The summed E-state index contributed by atoms with van der Waals surface area (Å²) in [5, 5.41) is 11.7. The lowest BCUT2D eigenvalue weighted by atomic mass is 10.3. The van der Waals surface area contributed by atoms with E-state index in [1.54, 1.807) is 10.9 Å². The number of rotatable bonds is 5. The maximum atomic E-state index is 12.1. The molecule has 2 heterocycles. The Morgan fingerprint density at radius 3 is 2.80 bits per heavy atom. The van der Waals surface area contributed by atoms with Crippen LogP contribution in [0.25, 0.3) is 0 Å². The number of halogens is 1. The molecule has 0 unspecified atom stereocenters. The highest BCUT2D eigenvalue weighted by molar-refractivity contribution is 9.10. The molecule has 108 valence electrons. The van der Waals surface area contributed by atoms with Crippen molar-refractivity contribution in [3.63, 3.8) is 0 Å². The van der Waals surface area contributed by atoms with Gasteiger partial charge in [0.2, 0.25) is 0 Å². The number of anilines is 1. The van der Waals surface area contributed by atoms with Crippen LogP contribution in [0.5, 0.6) is 0 Å². The van der Waals surface area contributed by atoms with Crippen LogP contribution in [0.15, 0.2) is 27.7 Å². The van der Waals surface area contributed by atoms with Crippen LogP contribution in [-0.4, -0.2) is 26.1 Å². The first-order valence-corrected chi connectivity index (χ1v) is 7.28. The van der Waals surface area contributed by atoms with Gasteiger partial charge in [-0.2, -0.15) is 10.2 Å². The van der Waals surface area contributed by atoms with Gasteiger partial charge in [0, 0.05) is 26.2 Å². The molecule has 0 radical (unpaired) electrons. The second kappa shape index (κ2) is 6.21. The van der Waals surface area contributed by atoms with Crippen molar-refractivity contribution >= 4 is 21.6 Å². The SMILES string of the molecule is CC(C)n1ncc(NCCc2ccn(C)n2)c(Br)c1=O. The fourth-order valence-corrected chi connectivity index (χ4v) is 2.28. The van der Waals surface area contributed by atoms with Gasteiger partial charge in [-0.3, -0.25) is 9.48 Å². The summed E-state index contributed by atoms with van der Waals surface area (Å²) in [5.74, 6) is 0. The predicted octanol–water partition coefficient (Wildman–Crippen LogP) is 1.97. The largest absolute Gasteiger partial charge is 0.382 e. The van der Waals surface area contributed by atoms with E-state index in [2.05, 4.69) is 31.4 Å². The molecule has 0 saturated heterocycles. The van der Waals surface area contributed by atoms with Crippen LogP contribution >= 0.6 is 15.9 Å². The maximum Gasteiger partial charge on any atom is 0.283 e. The zero-order chi connectivity index (χ0) is 14.7. The normalized spacial score (nSPS) is 11.1. The Bertz CT molecular complexity index is 646. The molecule has 0 atom stereocenters. The van der Waals surface area contributed by atoms with Crippen molar-refractivity contribution in [1.82, 2.24) is 19.6 Å². The topological polar surface area (TPSA) is 64.7 Å². The van der Waals surface area contributed by atoms with Crippen LogP contribution in [0.2, 0.25) is 0 Å². The maximum absolute atomic E-state index is 12.1. The van der Waals surface area contributed by atoms with Gasteiger partial charge >= 0.3 is 0 Å². The van der Waals surface area contributed by atoms with E-state index in [0.29, 0.717) is 16.7 Å². The Kier molecular flexibility index (Phi) is 4.59. The van der Waals surface area contributed by atoms with Crippen molar-refractivity contribution in [2.24, 2.45) is 7.05 Å². The number of hydrogen-bond donors (Lipinski definition) is 1. The van der Waals surface area contributed by atoms with Gasteiger partial charge in [0.05, 0.1) is 23.6 Å². The monoisotopic (exact) mass is 339 g/mol.